The third-order valence-corrected chi connectivity index (χ3v) is 3.16. The smallest absolute Gasteiger partial charge is 0.188 e. The van der Waals surface area contributed by atoms with Gasteiger partial charge in [-0.3, -0.25) is 0 Å². The molecule has 5 nitrogen and oxygen atoms in total. The number of piperazine rings is 1. The van der Waals surface area contributed by atoms with Crippen molar-refractivity contribution in [2.24, 2.45) is 0 Å². The maximum atomic E-state index is 14.3. The molecule has 0 aliphatic carbocycles. The Balaban J connectivity index is 2.26. The van der Waals surface area contributed by atoms with Gasteiger partial charge in [0.15, 0.2) is 11.6 Å². The molecule has 0 unspecified atom stereocenters. The van der Waals surface area contributed by atoms with Crippen LogP contribution in [-0.2, 0) is 6.54 Å². The Morgan fingerprint density at radius 2 is 1.89 bits per heavy atom. The van der Waals surface area contributed by atoms with Crippen molar-refractivity contribution >= 4 is 5.82 Å². The van der Waals surface area contributed by atoms with Crippen LogP contribution < -0.4 is 10.2 Å². The molecule has 1 aromatic heterocycles. The van der Waals surface area contributed by atoms with E-state index in [0.29, 0.717) is 23.9 Å². The molecule has 0 radical (unpaired) electrons. The van der Waals surface area contributed by atoms with Gasteiger partial charge in [0, 0.05) is 32.7 Å². The summed E-state index contributed by atoms with van der Waals surface area (Å²) in [7, 11) is 3.86. The second kappa shape index (κ2) is 5.58. The second-order valence-electron chi connectivity index (χ2n) is 4.68. The molecule has 1 aliphatic rings. The van der Waals surface area contributed by atoms with Crippen molar-refractivity contribution in [1.29, 1.82) is 0 Å². The molecule has 2 rings (SSSR count). The van der Waals surface area contributed by atoms with Gasteiger partial charge in [0.2, 0.25) is 0 Å². The molecule has 0 atom stereocenters. The van der Waals surface area contributed by atoms with Gasteiger partial charge < -0.3 is 15.1 Å². The number of likely N-dealkylation sites (N-methyl/N-ethyl adjacent to an activating group) is 1. The molecule has 0 amide bonds. The van der Waals surface area contributed by atoms with Crippen molar-refractivity contribution in [1.82, 2.24) is 20.2 Å². The number of nitrogens with one attached hydrogen (secondary N) is 1. The number of aryl methyl sites for hydroxylation is 1. The largest absolute Gasteiger partial charge is 0.352 e. The number of anilines is 1. The summed E-state index contributed by atoms with van der Waals surface area (Å²) in [5, 5.41) is 2.93. The number of rotatable bonds is 3. The van der Waals surface area contributed by atoms with Crippen molar-refractivity contribution in [2.45, 2.75) is 13.5 Å². The Bertz CT molecular complexity index is 415. The molecular formula is C12H20FN5. The minimum atomic E-state index is -0.292. The van der Waals surface area contributed by atoms with E-state index in [4.69, 9.17) is 0 Å². The molecule has 100 valence electrons. The van der Waals surface area contributed by atoms with Gasteiger partial charge in [0.05, 0.1) is 5.69 Å². The molecule has 18 heavy (non-hydrogen) atoms. The highest BCUT2D eigenvalue weighted by Gasteiger charge is 2.21. The lowest BCUT2D eigenvalue weighted by atomic mass is 10.3. The lowest BCUT2D eigenvalue weighted by Crippen LogP contribution is -2.45. The van der Waals surface area contributed by atoms with Crippen LogP contribution in [0.4, 0.5) is 10.2 Å². The van der Waals surface area contributed by atoms with Gasteiger partial charge in [-0.05, 0) is 21.0 Å². The summed E-state index contributed by atoms with van der Waals surface area (Å²) >= 11 is 0. The van der Waals surface area contributed by atoms with E-state index in [9.17, 15) is 4.39 Å². The Labute approximate surface area is 107 Å². The highest BCUT2D eigenvalue weighted by atomic mass is 19.1. The van der Waals surface area contributed by atoms with Crippen LogP contribution in [0.25, 0.3) is 0 Å². The van der Waals surface area contributed by atoms with Crippen molar-refractivity contribution < 1.29 is 4.39 Å². The molecule has 1 aliphatic heterocycles. The summed E-state index contributed by atoms with van der Waals surface area (Å²) in [6.07, 6.45) is 0. The molecule has 1 N–H and O–H groups in total. The van der Waals surface area contributed by atoms with Crippen LogP contribution in [0, 0.1) is 12.7 Å². The van der Waals surface area contributed by atoms with Gasteiger partial charge in [-0.1, -0.05) is 0 Å². The second-order valence-corrected chi connectivity index (χ2v) is 4.68. The van der Waals surface area contributed by atoms with Crippen molar-refractivity contribution in [2.75, 3.05) is 45.2 Å². The van der Waals surface area contributed by atoms with Crippen LogP contribution in [-0.4, -0.2) is 55.1 Å². The normalized spacial score (nSPS) is 17.2. The molecule has 0 saturated carbocycles. The first-order valence-corrected chi connectivity index (χ1v) is 6.23. The van der Waals surface area contributed by atoms with E-state index in [1.54, 1.807) is 14.0 Å². The molecule has 6 heteroatoms. The maximum Gasteiger partial charge on any atom is 0.188 e. The molecule has 0 spiro atoms. The van der Waals surface area contributed by atoms with Crippen LogP contribution in [0.3, 0.4) is 0 Å². The average molecular weight is 253 g/mol. The molecule has 0 aromatic carbocycles. The lowest BCUT2D eigenvalue weighted by Gasteiger charge is -2.33. The monoisotopic (exact) mass is 253 g/mol. The van der Waals surface area contributed by atoms with Crippen molar-refractivity contribution in [3.8, 4) is 0 Å². The van der Waals surface area contributed by atoms with Gasteiger partial charge in [0.1, 0.15) is 5.82 Å². The lowest BCUT2D eigenvalue weighted by molar-refractivity contribution is 0.310. The van der Waals surface area contributed by atoms with Crippen molar-refractivity contribution in [3.63, 3.8) is 0 Å². The summed E-state index contributed by atoms with van der Waals surface area (Å²) < 4.78 is 14.3. The van der Waals surface area contributed by atoms with E-state index in [2.05, 4.69) is 27.2 Å². The summed E-state index contributed by atoms with van der Waals surface area (Å²) in [4.78, 5) is 12.6. The molecule has 0 bridgehead atoms. The number of nitrogens with zero attached hydrogens (tertiary/aromatic N) is 4. The summed E-state index contributed by atoms with van der Waals surface area (Å²) in [5.74, 6) is 0.774. The van der Waals surface area contributed by atoms with E-state index < -0.39 is 0 Å². The van der Waals surface area contributed by atoms with Crippen LogP contribution in [0.1, 0.15) is 11.5 Å². The number of halogens is 1. The van der Waals surface area contributed by atoms with E-state index >= 15 is 0 Å². The number of aromatic nitrogens is 2. The standard InChI is InChI=1S/C12H20FN5/c1-9-15-10(8-14-2)11(13)12(16-9)18-6-4-17(3)5-7-18/h14H,4-8H2,1-3H3. The molecular weight excluding hydrogens is 233 g/mol. The van der Waals surface area contributed by atoms with Crippen LogP contribution in [0.5, 0.6) is 0 Å². The van der Waals surface area contributed by atoms with Crippen LogP contribution in [0.2, 0.25) is 0 Å². The third kappa shape index (κ3) is 2.76. The SMILES string of the molecule is CNCc1nc(C)nc(N2CCN(C)CC2)c1F. The highest BCUT2D eigenvalue weighted by molar-refractivity contribution is 5.42. The first kappa shape index (κ1) is 13.2. The number of hydrogen-bond acceptors (Lipinski definition) is 5. The zero-order valence-electron chi connectivity index (χ0n) is 11.2. The van der Waals surface area contributed by atoms with Gasteiger partial charge in [0.25, 0.3) is 0 Å². The van der Waals surface area contributed by atoms with E-state index in [1.807, 2.05) is 4.90 Å². The van der Waals surface area contributed by atoms with Gasteiger partial charge >= 0.3 is 0 Å². The molecule has 1 fully saturated rings. The Kier molecular flexibility index (Phi) is 4.08. The Hall–Kier alpha value is -1.27. The molecule has 1 aromatic rings. The summed E-state index contributed by atoms with van der Waals surface area (Å²) in [5.41, 5.74) is 0.443. The minimum absolute atomic E-state index is 0.292. The predicted molar refractivity (Wildman–Crippen MR) is 69.2 cm³/mol. The third-order valence-electron chi connectivity index (χ3n) is 3.16. The van der Waals surface area contributed by atoms with E-state index in [0.717, 1.165) is 26.2 Å². The van der Waals surface area contributed by atoms with Crippen LogP contribution in [0.15, 0.2) is 0 Å². The Morgan fingerprint density at radius 3 is 2.50 bits per heavy atom. The molecule has 1 saturated heterocycles. The van der Waals surface area contributed by atoms with Crippen molar-refractivity contribution in [3.05, 3.63) is 17.3 Å². The number of hydrogen-bond donors (Lipinski definition) is 1. The highest BCUT2D eigenvalue weighted by Crippen LogP contribution is 2.20. The fourth-order valence-electron chi connectivity index (χ4n) is 2.11. The fraction of sp³-hybridized carbons (Fsp3) is 0.667. The van der Waals surface area contributed by atoms with Gasteiger partial charge in [-0.25, -0.2) is 14.4 Å². The summed E-state index contributed by atoms with van der Waals surface area (Å²) in [6.45, 7) is 5.72. The first-order chi connectivity index (χ1) is 8.61. The quantitative estimate of drug-likeness (QED) is 0.844. The zero-order valence-corrected chi connectivity index (χ0v) is 11.2. The molecule has 2 heterocycles. The fourth-order valence-corrected chi connectivity index (χ4v) is 2.11. The topological polar surface area (TPSA) is 44.3 Å². The minimum Gasteiger partial charge on any atom is -0.352 e. The Morgan fingerprint density at radius 1 is 1.22 bits per heavy atom. The zero-order chi connectivity index (χ0) is 13.1. The maximum absolute atomic E-state index is 14.3. The van der Waals surface area contributed by atoms with E-state index in [-0.39, 0.29) is 5.82 Å². The van der Waals surface area contributed by atoms with Gasteiger partial charge in [-0.2, -0.15) is 0 Å². The summed E-state index contributed by atoms with van der Waals surface area (Å²) in [6, 6.07) is 0. The predicted octanol–water partition coefficient (Wildman–Crippen LogP) is 0.395. The average Bonchev–Trinajstić information content (AvgIpc) is 2.35. The van der Waals surface area contributed by atoms with Gasteiger partial charge in [-0.15, -0.1) is 0 Å². The van der Waals surface area contributed by atoms with E-state index in [1.165, 1.54) is 0 Å². The van der Waals surface area contributed by atoms with Crippen LogP contribution >= 0.6 is 0 Å². The first-order valence-electron chi connectivity index (χ1n) is 6.23.